The number of rotatable bonds is 5. The molecule has 196 valence electrons. The van der Waals surface area contributed by atoms with Gasteiger partial charge in [-0.05, 0) is 62.1 Å². The van der Waals surface area contributed by atoms with E-state index in [4.69, 9.17) is 19.4 Å². The van der Waals surface area contributed by atoms with Gasteiger partial charge in [0.15, 0.2) is 5.82 Å². The fourth-order valence-electron chi connectivity index (χ4n) is 5.91. The number of fused-ring (bicyclic) bond motifs is 4. The normalized spacial score (nSPS) is 25.9. The summed E-state index contributed by atoms with van der Waals surface area (Å²) < 4.78 is 12.1. The predicted octanol–water partition coefficient (Wildman–Crippen LogP) is 3.92. The zero-order chi connectivity index (χ0) is 25.5. The molecule has 10 heteroatoms. The largest absolute Gasteiger partial charge is 0.371 e. The summed E-state index contributed by atoms with van der Waals surface area (Å²) in [5, 5.41) is 5.68. The van der Waals surface area contributed by atoms with Crippen LogP contribution < -0.4 is 20.4 Å². The van der Waals surface area contributed by atoms with Gasteiger partial charge in [-0.25, -0.2) is 14.8 Å². The van der Waals surface area contributed by atoms with Crippen molar-refractivity contribution in [3.05, 3.63) is 54.9 Å². The smallest absolute Gasteiger partial charge is 0.323 e. The Labute approximate surface area is 221 Å². The third kappa shape index (κ3) is 4.89. The van der Waals surface area contributed by atoms with Gasteiger partial charge < -0.3 is 29.9 Å². The quantitative estimate of drug-likeness (QED) is 0.529. The van der Waals surface area contributed by atoms with Crippen molar-refractivity contribution >= 4 is 29.0 Å². The summed E-state index contributed by atoms with van der Waals surface area (Å²) in [7, 11) is 0. The van der Waals surface area contributed by atoms with Crippen LogP contribution in [0.3, 0.4) is 0 Å². The molecular formula is C28H31N7O3. The number of pyridine rings is 1. The molecule has 4 saturated heterocycles. The van der Waals surface area contributed by atoms with Gasteiger partial charge in [0.25, 0.3) is 0 Å². The molecule has 0 aliphatic carbocycles. The van der Waals surface area contributed by atoms with Gasteiger partial charge in [-0.1, -0.05) is 0 Å². The number of morpholine rings is 2. The summed E-state index contributed by atoms with van der Waals surface area (Å²) in [6.07, 6.45) is 8.83. The molecule has 0 spiro atoms. The second kappa shape index (κ2) is 9.85. The van der Waals surface area contributed by atoms with Crippen molar-refractivity contribution in [3.63, 3.8) is 0 Å². The molecule has 4 fully saturated rings. The lowest BCUT2D eigenvalue weighted by molar-refractivity contribution is 0.0299. The highest BCUT2D eigenvalue weighted by Crippen LogP contribution is 2.34. The maximum atomic E-state index is 12.4. The minimum Gasteiger partial charge on any atom is -0.371 e. The first kappa shape index (κ1) is 23.4. The Kier molecular flexibility index (Phi) is 6.05. The molecule has 1 aromatic carbocycles. The highest BCUT2D eigenvalue weighted by atomic mass is 16.5. The van der Waals surface area contributed by atoms with Crippen LogP contribution in [-0.4, -0.2) is 71.6 Å². The van der Waals surface area contributed by atoms with Gasteiger partial charge in [-0.2, -0.15) is 0 Å². The lowest BCUT2D eigenvalue weighted by Crippen LogP contribution is -2.44. The number of nitrogens with zero attached hydrogens (tertiary/aromatic N) is 5. The molecule has 2 aromatic heterocycles. The summed E-state index contributed by atoms with van der Waals surface area (Å²) in [4.78, 5) is 31.1. The molecule has 4 aliphatic heterocycles. The zero-order valence-electron chi connectivity index (χ0n) is 21.1. The van der Waals surface area contributed by atoms with Crippen LogP contribution in [0.5, 0.6) is 0 Å². The molecule has 2 N–H and O–H groups in total. The molecule has 4 bridgehead atoms. The lowest BCUT2D eigenvalue weighted by Gasteiger charge is -2.35. The van der Waals surface area contributed by atoms with Crippen LogP contribution in [0.15, 0.2) is 54.9 Å². The van der Waals surface area contributed by atoms with E-state index < -0.39 is 0 Å². The lowest BCUT2D eigenvalue weighted by atomic mass is 10.2. The summed E-state index contributed by atoms with van der Waals surface area (Å²) in [5.41, 5.74) is 2.27. The van der Waals surface area contributed by atoms with E-state index in [1.807, 2.05) is 24.3 Å². The van der Waals surface area contributed by atoms with Crippen molar-refractivity contribution in [1.29, 1.82) is 0 Å². The van der Waals surface area contributed by atoms with Crippen molar-refractivity contribution in [2.75, 3.05) is 46.6 Å². The number of ether oxygens (including phenoxy) is 2. The number of amides is 2. The molecule has 0 radical (unpaired) electrons. The Morgan fingerprint density at radius 2 is 1.18 bits per heavy atom. The van der Waals surface area contributed by atoms with E-state index in [1.165, 1.54) is 0 Å². The SMILES string of the molecule is O=C(Nc1ccncc1)Nc1ccc(-c2nc(N3CC4CCC(C3)O4)cc(N3CC4CCC(C3)O4)n2)cc1. The Hall–Kier alpha value is -3.76. The highest BCUT2D eigenvalue weighted by Gasteiger charge is 2.37. The van der Waals surface area contributed by atoms with Gasteiger partial charge in [-0.15, -0.1) is 0 Å². The van der Waals surface area contributed by atoms with Gasteiger partial charge in [0.1, 0.15) is 11.6 Å². The van der Waals surface area contributed by atoms with Crippen LogP contribution in [0.25, 0.3) is 11.4 Å². The van der Waals surface area contributed by atoms with Gasteiger partial charge in [-0.3, -0.25) is 4.98 Å². The van der Waals surface area contributed by atoms with Crippen LogP contribution >= 0.6 is 0 Å². The average molecular weight is 514 g/mol. The Morgan fingerprint density at radius 1 is 0.711 bits per heavy atom. The van der Waals surface area contributed by atoms with Crippen molar-refractivity contribution < 1.29 is 14.3 Å². The number of nitrogens with one attached hydrogen (secondary N) is 2. The van der Waals surface area contributed by atoms with E-state index in [2.05, 4.69) is 31.5 Å². The predicted molar refractivity (Wildman–Crippen MR) is 145 cm³/mol. The van der Waals surface area contributed by atoms with Crippen molar-refractivity contribution in [3.8, 4) is 11.4 Å². The second-order valence-corrected chi connectivity index (χ2v) is 10.5. The van der Waals surface area contributed by atoms with Gasteiger partial charge in [0.2, 0.25) is 0 Å². The number of urea groups is 1. The monoisotopic (exact) mass is 513 g/mol. The standard InChI is InChI=1S/C28H31N7O3/c36-28(31-20-9-11-29-12-10-20)30-19-3-1-18(2-4-19)27-32-25(34-14-21-5-6-22(15-34)37-21)13-26(33-27)35-16-23-7-8-24(17-35)38-23/h1-4,9-13,21-24H,5-8,14-17H2,(H2,29,30,31,36). The number of aromatic nitrogens is 3. The third-order valence-corrected chi connectivity index (χ3v) is 7.77. The Balaban J connectivity index is 1.14. The van der Waals surface area contributed by atoms with Crippen LogP contribution in [0.2, 0.25) is 0 Å². The molecule has 2 amide bonds. The van der Waals surface area contributed by atoms with Crippen LogP contribution in [0.4, 0.5) is 27.8 Å². The van der Waals surface area contributed by atoms with E-state index in [-0.39, 0.29) is 30.4 Å². The second-order valence-electron chi connectivity index (χ2n) is 10.5. The summed E-state index contributed by atoms with van der Waals surface area (Å²) in [6.45, 7) is 3.43. The molecule has 6 heterocycles. The number of hydrogen-bond donors (Lipinski definition) is 2. The number of carbonyl (C=O) groups excluding carboxylic acids is 1. The maximum Gasteiger partial charge on any atom is 0.323 e. The van der Waals surface area contributed by atoms with Gasteiger partial charge in [0.05, 0.1) is 24.4 Å². The van der Waals surface area contributed by atoms with E-state index in [9.17, 15) is 4.79 Å². The van der Waals surface area contributed by atoms with Crippen LogP contribution in [-0.2, 0) is 9.47 Å². The molecule has 4 unspecified atom stereocenters. The minimum absolute atomic E-state index is 0.276. The number of anilines is 4. The van der Waals surface area contributed by atoms with E-state index in [0.29, 0.717) is 17.2 Å². The Morgan fingerprint density at radius 3 is 1.68 bits per heavy atom. The molecular weight excluding hydrogens is 482 g/mol. The number of carbonyl (C=O) groups is 1. The van der Waals surface area contributed by atoms with Crippen LogP contribution in [0, 0.1) is 0 Å². The molecule has 7 rings (SSSR count). The van der Waals surface area contributed by atoms with Crippen LogP contribution in [0.1, 0.15) is 25.7 Å². The van der Waals surface area contributed by atoms with Crippen molar-refractivity contribution in [2.45, 2.75) is 50.1 Å². The number of benzene rings is 1. The third-order valence-electron chi connectivity index (χ3n) is 7.77. The molecule has 4 atom stereocenters. The van der Waals surface area contributed by atoms with Crippen molar-refractivity contribution in [2.24, 2.45) is 0 Å². The maximum absolute atomic E-state index is 12.4. The number of hydrogen-bond acceptors (Lipinski definition) is 8. The van der Waals surface area contributed by atoms with E-state index in [1.54, 1.807) is 24.5 Å². The molecule has 3 aromatic rings. The fraction of sp³-hybridized carbons (Fsp3) is 0.429. The fourth-order valence-corrected chi connectivity index (χ4v) is 5.91. The summed E-state index contributed by atoms with van der Waals surface area (Å²) >= 11 is 0. The first-order valence-electron chi connectivity index (χ1n) is 13.4. The van der Waals surface area contributed by atoms with E-state index in [0.717, 1.165) is 69.1 Å². The topological polar surface area (TPSA) is 105 Å². The van der Waals surface area contributed by atoms with Gasteiger partial charge in [0, 0.05) is 61.6 Å². The zero-order valence-corrected chi connectivity index (χ0v) is 21.1. The first-order valence-corrected chi connectivity index (χ1v) is 13.4. The summed E-state index contributed by atoms with van der Waals surface area (Å²) in [5.74, 6) is 2.58. The molecule has 4 aliphatic rings. The molecule has 10 nitrogen and oxygen atoms in total. The van der Waals surface area contributed by atoms with Gasteiger partial charge >= 0.3 is 6.03 Å². The highest BCUT2D eigenvalue weighted by molar-refractivity contribution is 5.99. The minimum atomic E-state index is -0.312. The first-order chi connectivity index (χ1) is 18.6. The molecule has 38 heavy (non-hydrogen) atoms. The summed E-state index contributed by atoms with van der Waals surface area (Å²) in [6, 6.07) is 13.0. The van der Waals surface area contributed by atoms with Crippen molar-refractivity contribution in [1.82, 2.24) is 15.0 Å². The Bertz CT molecular complexity index is 1230. The van der Waals surface area contributed by atoms with E-state index >= 15 is 0 Å². The average Bonchev–Trinajstić information content (AvgIpc) is 3.47. The molecule has 0 saturated carbocycles.